The van der Waals surface area contributed by atoms with Crippen LogP contribution in [0.15, 0.2) is 82.6 Å². The highest BCUT2D eigenvalue weighted by Gasteiger charge is 2.22. The highest BCUT2D eigenvalue weighted by molar-refractivity contribution is 7.86. The van der Waals surface area contributed by atoms with E-state index in [0.29, 0.717) is 39.1 Å². The molecule has 34 heavy (non-hydrogen) atoms. The van der Waals surface area contributed by atoms with E-state index in [9.17, 15) is 17.6 Å². The number of amides is 1. The second-order valence-corrected chi connectivity index (χ2v) is 8.89. The second-order valence-electron chi connectivity index (χ2n) is 7.27. The lowest BCUT2D eigenvalue weighted by molar-refractivity contribution is 0.0964. The van der Waals surface area contributed by atoms with Gasteiger partial charge in [0.2, 0.25) is 0 Å². The van der Waals surface area contributed by atoms with Crippen LogP contribution in [0.4, 0.5) is 10.1 Å². The Labute approximate surface area is 196 Å². The molecule has 0 saturated heterocycles. The molecule has 0 fully saturated rings. The zero-order valence-corrected chi connectivity index (χ0v) is 19.0. The Balaban J connectivity index is 1.58. The van der Waals surface area contributed by atoms with Crippen molar-refractivity contribution in [1.82, 2.24) is 5.32 Å². The third-order valence-electron chi connectivity index (χ3n) is 5.12. The molecule has 4 aromatic rings. The Morgan fingerprint density at radius 3 is 2.59 bits per heavy atom. The van der Waals surface area contributed by atoms with E-state index in [1.165, 1.54) is 43.4 Å². The summed E-state index contributed by atoms with van der Waals surface area (Å²) in [6.45, 7) is 3.31. The number of rotatable bonds is 8. The maximum atomic E-state index is 13.4. The lowest BCUT2D eigenvalue weighted by Crippen LogP contribution is -2.18. The summed E-state index contributed by atoms with van der Waals surface area (Å²) in [5.41, 5.74) is 2.43. The number of fused-ring (bicyclic) bond motifs is 1. The molecule has 0 aliphatic carbocycles. The van der Waals surface area contributed by atoms with Crippen LogP contribution in [-0.4, -0.2) is 28.1 Å². The van der Waals surface area contributed by atoms with Gasteiger partial charge in [-0.3, -0.25) is 4.79 Å². The van der Waals surface area contributed by atoms with Crippen molar-refractivity contribution in [3.63, 3.8) is 0 Å². The molecule has 0 radical (unpaired) electrons. The molecule has 4 rings (SSSR count). The number of hydrogen-bond acceptors (Lipinski definition) is 6. The highest BCUT2D eigenvalue weighted by Crippen LogP contribution is 2.35. The smallest absolute Gasteiger partial charge is 0.298 e. The molecule has 1 aromatic heterocycles. The summed E-state index contributed by atoms with van der Waals surface area (Å²) < 4.78 is 49.3. The molecule has 174 valence electrons. The van der Waals surface area contributed by atoms with E-state index in [1.54, 1.807) is 36.4 Å². The van der Waals surface area contributed by atoms with Gasteiger partial charge >= 0.3 is 0 Å². The van der Waals surface area contributed by atoms with Crippen molar-refractivity contribution in [2.75, 3.05) is 19.1 Å². The maximum absolute atomic E-state index is 13.4. The van der Waals surface area contributed by atoms with Gasteiger partial charge in [-0.2, -0.15) is 8.42 Å². The average Bonchev–Trinajstić information content (AvgIpc) is 3.22. The second kappa shape index (κ2) is 9.50. The summed E-state index contributed by atoms with van der Waals surface area (Å²) in [5.74, 6) is -0.457. The fourth-order valence-electron chi connectivity index (χ4n) is 3.42. The molecule has 1 heterocycles. The standard InChI is InChI=1S/C25H21FN2O5S/c1-3-16-5-4-6-20(13-16)34(30,31)32-15-28-19-11-12-21-22(14-19)33-24(23(21)25(29)27-2)17-7-9-18(26)10-8-17/h3-14,28H,1,15H2,2H3,(H,27,29). The van der Waals surface area contributed by atoms with E-state index >= 15 is 0 Å². The van der Waals surface area contributed by atoms with Crippen molar-refractivity contribution in [3.05, 3.63) is 90.3 Å². The normalized spacial score (nSPS) is 11.4. The molecule has 0 saturated carbocycles. The molecule has 0 unspecified atom stereocenters. The molecular formula is C25H21FN2O5S. The minimum Gasteiger partial charge on any atom is -0.455 e. The van der Waals surface area contributed by atoms with Gasteiger partial charge in [0, 0.05) is 29.8 Å². The Kier molecular flexibility index (Phi) is 6.49. The number of benzene rings is 3. The topological polar surface area (TPSA) is 97.6 Å². The van der Waals surface area contributed by atoms with Crippen LogP contribution in [0.1, 0.15) is 15.9 Å². The largest absolute Gasteiger partial charge is 0.455 e. The summed E-state index contributed by atoms with van der Waals surface area (Å²) in [6.07, 6.45) is 1.54. The van der Waals surface area contributed by atoms with Crippen LogP contribution >= 0.6 is 0 Å². The summed E-state index contributed by atoms with van der Waals surface area (Å²) in [5, 5.41) is 6.02. The number of nitrogens with one attached hydrogen (secondary N) is 2. The number of hydrogen-bond donors (Lipinski definition) is 2. The third-order valence-corrected chi connectivity index (χ3v) is 6.38. The Hall–Kier alpha value is -3.95. The van der Waals surface area contributed by atoms with Crippen LogP contribution in [-0.2, 0) is 14.3 Å². The lowest BCUT2D eigenvalue weighted by atomic mass is 10.0. The minimum absolute atomic E-state index is 0.0207. The van der Waals surface area contributed by atoms with Crippen molar-refractivity contribution in [3.8, 4) is 11.3 Å². The Bertz CT molecular complexity index is 1480. The molecule has 0 bridgehead atoms. The summed E-state index contributed by atoms with van der Waals surface area (Å²) >= 11 is 0. The molecule has 3 aromatic carbocycles. The predicted molar refractivity (Wildman–Crippen MR) is 128 cm³/mol. The molecule has 0 aliphatic rings. The van der Waals surface area contributed by atoms with Gasteiger partial charge in [0.15, 0.2) is 0 Å². The van der Waals surface area contributed by atoms with Crippen LogP contribution < -0.4 is 10.6 Å². The van der Waals surface area contributed by atoms with Gasteiger partial charge in [-0.1, -0.05) is 24.8 Å². The van der Waals surface area contributed by atoms with E-state index in [0.717, 1.165) is 0 Å². The first-order valence-corrected chi connectivity index (χ1v) is 11.6. The Morgan fingerprint density at radius 2 is 1.88 bits per heavy atom. The molecular weight excluding hydrogens is 459 g/mol. The molecule has 0 atom stereocenters. The van der Waals surface area contributed by atoms with E-state index in [2.05, 4.69) is 17.2 Å². The van der Waals surface area contributed by atoms with Gasteiger partial charge in [0.25, 0.3) is 16.0 Å². The first-order chi connectivity index (χ1) is 16.3. The molecule has 0 spiro atoms. The molecule has 7 nitrogen and oxygen atoms in total. The van der Waals surface area contributed by atoms with E-state index in [1.807, 2.05) is 0 Å². The zero-order chi connectivity index (χ0) is 24.3. The lowest BCUT2D eigenvalue weighted by Gasteiger charge is -2.09. The first kappa shape index (κ1) is 23.2. The monoisotopic (exact) mass is 480 g/mol. The fraction of sp³-hybridized carbons (Fsp3) is 0.0800. The van der Waals surface area contributed by atoms with Crippen molar-refractivity contribution in [2.24, 2.45) is 0 Å². The molecule has 2 N–H and O–H groups in total. The van der Waals surface area contributed by atoms with Crippen LogP contribution in [0.3, 0.4) is 0 Å². The first-order valence-electron chi connectivity index (χ1n) is 10.2. The molecule has 1 amide bonds. The van der Waals surface area contributed by atoms with Crippen molar-refractivity contribution >= 4 is 38.8 Å². The van der Waals surface area contributed by atoms with Gasteiger partial charge < -0.3 is 15.1 Å². The SMILES string of the molecule is C=Cc1cccc(S(=O)(=O)OCNc2ccc3c(C(=O)NC)c(-c4ccc(F)cc4)oc3c2)c1. The van der Waals surface area contributed by atoms with Crippen molar-refractivity contribution in [2.45, 2.75) is 4.90 Å². The number of carbonyl (C=O) groups excluding carboxylic acids is 1. The van der Waals surface area contributed by atoms with Crippen molar-refractivity contribution < 1.29 is 26.2 Å². The maximum Gasteiger partial charge on any atom is 0.298 e. The van der Waals surface area contributed by atoms with Gasteiger partial charge in [0.05, 0.1) is 10.5 Å². The van der Waals surface area contributed by atoms with E-state index in [4.69, 9.17) is 8.60 Å². The summed E-state index contributed by atoms with van der Waals surface area (Å²) in [4.78, 5) is 12.6. The number of carbonyl (C=O) groups is 1. The fourth-order valence-corrected chi connectivity index (χ4v) is 4.29. The van der Waals surface area contributed by atoms with Crippen LogP contribution in [0.5, 0.6) is 0 Å². The average molecular weight is 481 g/mol. The molecule has 0 aliphatic heterocycles. The number of furan rings is 1. The van der Waals surface area contributed by atoms with Crippen LogP contribution in [0.2, 0.25) is 0 Å². The quantitative estimate of drug-likeness (QED) is 0.272. The van der Waals surface area contributed by atoms with Crippen molar-refractivity contribution in [1.29, 1.82) is 0 Å². The van der Waals surface area contributed by atoms with Gasteiger partial charge in [-0.15, -0.1) is 0 Å². The zero-order valence-electron chi connectivity index (χ0n) is 18.2. The number of anilines is 1. The van der Waals surface area contributed by atoms with Crippen LogP contribution in [0, 0.1) is 5.82 Å². The van der Waals surface area contributed by atoms with Gasteiger partial charge in [-0.05, 0) is 54.1 Å². The Morgan fingerprint density at radius 1 is 1.12 bits per heavy atom. The van der Waals surface area contributed by atoms with E-state index < -0.39 is 15.9 Å². The summed E-state index contributed by atoms with van der Waals surface area (Å²) in [6, 6.07) is 16.8. The minimum atomic E-state index is -3.98. The third kappa shape index (κ3) is 4.70. The van der Waals surface area contributed by atoms with Gasteiger partial charge in [0.1, 0.15) is 23.9 Å². The predicted octanol–water partition coefficient (Wildman–Crippen LogP) is 5.02. The molecule has 9 heteroatoms. The van der Waals surface area contributed by atoms with Crippen LogP contribution in [0.25, 0.3) is 28.4 Å². The number of halogens is 1. The van der Waals surface area contributed by atoms with Gasteiger partial charge in [-0.25, -0.2) is 8.57 Å². The summed E-state index contributed by atoms with van der Waals surface area (Å²) in [7, 11) is -2.47. The highest BCUT2D eigenvalue weighted by atomic mass is 32.2. The van der Waals surface area contributed by atoms with E-state index in [-0.39, 0.29) is 17.5 Å².